The number of benzene rings is 2. The van der Waals surface area contributed by atoms with Crippen LogP contribution in [0.5, 0.6) is 0 Å². The van der Waals surface area contributed by atoms with Crippen LogP contribution >= 0.6 is 0 Å². The number of aromatic nitrogens is 3. The van der Waals surface area contributed by atoms with Crippen molar-refractivity contribution in [2.24, 2.45) is 0 Å². The SMILES string of the molecule is CC(=O)Nc1cccc(-c2ccc(-c3cc4ccnn4c(S(C)(=O)=O)n3)cc2)c1. The minimum absolute atomic E-state index is 0.0953. The Bertz CT molecular complexity index is 1330. The van der Waals surface area contributed by atoms with Crippen LogP contribution in [0.3, 0.4) is 0 Å². The third-order valence-electron chi connectivity index (χ3n) is 4.38. The summed E-state index contributed by atoms with van der Waals surface area (Å²) < 4.78 is 25.6. The lowest BCUT2D eigenvalue weighted by atomic mass is 10.0. The quantitative estimate of drug-likeness (QED) is 0.524. The maximum atomic E-state index is 12.1. The van der Waals surface area contributed by atoms with Gasteiger partial charge in [-0.2, -0.15) is 5.10 Å². The topological polar surface area (TPSA) is 93.4 Å². The highest BCUT2D eigenvalue weighted by atomic mass is 32.2. The number of carbonyl (C=O) groups is 1. The zero-order chi connectivity index (χ0) is 20.6. The standard InChI is InChI=1S/C21H18N4O3S/c1-14(26)23-18-5-3-4-17(12-18)15-6-8-16(9-7-15)20-13-19-10-11-22-25(19)21(24-20)29(2,27)28/h3-13H,1-2H3,(H,23,26). The number of nitrogens with zero attached hydrogens (tertiary/aromatic N) is 3. The van der Waals surface area contributed by atoms with Gasteiger partial charge in [0.2, 0.25) is 20.9 Å². The second-order valence-corrected chi connectivity index (χ2v) is 8.61. The van der Waals surface area contributed by atoms with Crippen molar-refractivity contribution in [1.82, 2.24) is 14.6 Å². The molecule has 2 aromatic heterocycles. The molecule has 0 fully saturated rings. The highest BCUT2D eigenvalue weighted by molar-refractivity contribution is 7.90. The van der Waals surface area contributed by atoms with Crippen molar-refractivity contribution >= 4 is 26.9 Å². The molecule has 4 rings (SSSR count). The molecule has 29 heavy (non-hydrogen) atoms. The molecule has 8 heteroatoms. The van der Waals surface area contributed by atoms with Crippen LogP contribution in [0.1, 0.15) is 6.92 Å². The Morgan fingerprint density at radius 2 is 1.69 bits per heavy atom. The van der Waals surface area contributed by atoms with Gasteiger partial charge in [-0.05, 0) is 35.4 Å². The predicted octanol–water partition coefficient (Wildman–Crippen LogP) is 3.43. The lowest BCUT2D eigenvalue weighted by Gasteiger charge is -2.09. The monoisotopic (exact) mass is 406 g/mol. The summed E-state index contributed by atoms with van der Waals surface area (Å²) in [7, 11) is -3.54. The molecule has 146 valence electrons. The van der Waals surface area contributed by atoms with Crippen molar-refractivity contribution in [3.8, 4) is 22.4 Å². The highest BCUT2D eigenvalue weighted by Crippen LogP contribution is 2.27. The number of amides is 1. The Kier molecular flexibility index (Phi) is 4.63. The lowest BCUT2D eigenvalue weighted by Crippen LogP contribution is -2.09. The fraction of sp³-hybridized carbons (Fsp3) is 0.0952. The minimum atomic E-state index is -3.54. The molecule has 4 aromatic rings. The van der Waals surface area contributed by atoms with E-state index in [1.807, 2.05) is 48.5 Å². The van der Waals surface area contributed by atoms with Crippen molar-refractivity contribution in [2.45, 2.75) is 12.1 Å². The average molecular weight is 406 g/mol. The maximum absolute atomic E-state index is 12.1. The van der Waals surface area contributed by atoms with Crippen LogP contribution < -0.4 is 5.32 Å². The van der Waals surface area contributed by atoms with E-state index < -0.39 is 9.84 Å². The van der Waals surface area contributed by atoms with Gasteiger partial charge in [0.25, 0.3) is 0 Å². The molecular formula is C21H18N4O3S. The molecule has 0 saturated heterocycles. The fourth-order valence-corrected chi connectivity index (χ4v) is 3.84. The molecular weight excluding hydrogens is 388 g/mol. The molecule has 0 radical (unpaired) electrons. The van der Waals surface area contributed by atoms with E-state index in [1.165, 1.54) is 11.4 Å². The molecule has 0 atom stereocenters. The van der Waals surface area contributed by atoms with Gasteiger partial charge >= 0.3 is 0 Å². The van der Waals surface area contributed by atoms with Crippen LogP contribution in [-0.2, 0) is 14.6 Å². The van der Waals surface area contributed by atoms with Crippen molar-refractivity contribution in [1.29, 1.82) is 0 Å². The Balaban J connectivity index is 1.73. The Morgan fingerprint density at radius 1 is 0.966 bits per heavy atom. The van der Waals surface area contributed by atoms with Gasteiger partial charge in [0.15, 0.2) is 0 Å². The summed E-state index contributed by atoms with van der Waals surface area (Å²) in [6.45, 7) is 1.47. The third-order valence-corrected chi connectivity index (χ3v) is 5.31. The van der Waals surface area contributed by atoms with Crippen LogP contribution in [0.25, 0.3) is 27.9 Å². The summed E-state index contributed by atoms with van der Waals surface area (Å²) >= 11 is 0. The Labute approximate surface area is 168 Å². The summed E-state index contributed by atoms with van der Waals surface area (Å²) in [4.78, 5) is 15.6. The molecule has 0 aliphatic rings. The summed E-state index contributed by atoms with van der Waals surface area (Å²) in [5.41, 5.74) is 4.65. The molecule has 1 amide bonds. The minimum Gasteiger partial charge on any atom is -0.326 e. The first-order valence-electron chi connectivity index (χ1n) is 8.84. The second-order valence-electron chi connectivity index (χ2n) is 6.70. The van der Waals surface area contributed by atoms with Crippen LogP contribution in [0, 0.1) is 0 Å². The molecule has 7 nitrogen and oxygen atoms in total. The average Bonchev–Trinajstić information content (AvgIpc) is 3.15. The molecule has 1 N–H and O–H groups in total. The van der Waals surface area contributed by atoms with Gasteiger partial charge in [0.05, 0.1) is 17.4 Å². The number of hydrogen-bond acceptors (Lipinski definition) is 5. The molecule has 2 heterocycles. The number of hydrogen-bond donors (Lipinski definition) is 1. The second kappa shape index (κ2) is 7.14. The summed E-state index contributed by atoms with van der Waals surface area (Å²) in [5.74, 6) is -0.125. The number of anilines is 1. The molecule has 2 aromatic carbocycles. The highest BCUT2D eigenvalue weighted by Gasteiger charge is 2.17. The molecule has 0 saturated carbocycles. The molecule has 0 bridgehead atoms. The van der Waals surface area contributed by atoms with E-state index in [2.05, 4.69) is 15.4 Å². The fourth-order valence-electron chi connectivity index (χ4n) is 3.11. The Morgan fingerprint density at radius 3 is 2.38 bits per heavy atom. The normalized spacial score (nSPS) is 11.5. The predicted molar refractivity (Wildman–Crippen MR) is 111 cm³/mol. The maximum Gasteiger partial charge on any atom is 0.249 e. The van der Waals surface area contributed by atoms with Gasteiger partial charge in [-0.3, -0.25) is 4.79 Å². The Hall–Kier alpha value is -3.52. The zero-order valence-corrected chi connectivity index (χ0v) is 16.6. The molecule has 0 spiro atoms. The summed E-state index contributed by atoms with van der Waals surface area (Å²) in [6.07, 6.45) is 2.66. The van der Waals surface area contributed by atoms with Crippen LogP contribution in [0.2, 0.25) is 0 Å². The van der Waals surface area contributed by atoms with Gasteiger partial charge in [0.1, 0.15) is 0 Å². The largest absolute Gasteiger partial charge is 0.326 e. The number of rotatable bonds is 4. The summed E-state index contributed by atoms with van der Waals surface area (Å²) in [6, 6.07) is 18.8. The van der Waals surface area contributed by atoms with E-state index in [0.29, 0.717) is 11.2 Å². The molecule has 0 unspecified atom stereocenters. The van der Waals surface area contributed by atoms with Gasteiger partial charge in [0, 0.05) is 24.4 Å². The van der Waals surface area contributed by atoms with Crippen LogP contribution in [-0.4, -0.2) is 35.2 Å². The first-order valence-corrected chi connectivity index (χ1v) is 10.7. The van der Waals surface area contributed by atoms with Crippen molar-refractivity contribution < 1.29 is 13.2 Å². The van der Waals surface area contributed by atoms with Crippen molar-refractivity contribution in [3.63, 3.8) is 0 Å². The van der Waals surface area contributed by atoms with Crippen molar-refractivity contribution in [2.75, 3.05) is 11.6 Å². The zero-order valence-electron chi connectivity index (χ0n) is 15.8. The van der Waals surface area contributed by atoms with Crippen molar-refractivity contribution in [3.05, 3.63) is 66.9 Å². The van der Waals surface area contributed by atoms with E-state index in [4.69, 9.17) is 0 Å². The lowest BCUT2D eigenvalue weighted by molar-refractivity contribution is -0.114. The van der Waals surface area contributed by atoms with E-state index >= 15 is 0 Å². The molecule has 0 aliphatic heterocycles. The number of sulfone groups is 1. The van der Waals surface area contributed by atoms with Gasteiger partial charge in [-0.15, -0.1) is 0 Å². The molecule has 0 aliphatic carbocycles. The van der Waals surface area contributed by atoms with Crippen LogP contribution in [0.15, 0.2) is 72.0 Å². The number of nitrogens with one attached hydrogen (secondary N) is 1. The third kappa shape index (κ3) is 3.88. The van der Waals surface area contributed by atoms with Gasteiger partial charge in [-0.25, -0.2) is 17.9 Å². The van der Waals surface area contributed by atoms with E-state index in [-0.39, 0.29) is 11.1 Å². The summed E-state index contributed by atoms with van der Waals surface area (Å²) in [5, 5.41) is 6.73. The smallest absolute Gasteiger partial charge is 0.249 e. The first-order chi connectivity index (χ1) is 13.8. The van der Waals surface area contributed by atoms with E-state index in [9.17, 15) is 13.2 Å². The van der Waals surface area contributed by atoms with Gasteiger partial charge < -0.3 is 5.32 Å². The van der Waals surface area contributed by atoms with E-state index in [0.717, 1.165) is 28.6 Å². The first kappa shape index (κ1) is 18.8. The van der Waals surface area contributed by atoms with E-state index in [1.54, 1.807) is 18.3 Å². The number of fused-ring (bicyclic) bond motifs is 1. The van der Waals surface area contributed by atoms with Crippen LogP contribution in [0.4, 0.5) is 5.69 Å². The number of carbonyl (C=O) groups excluding carboxylic acids is 1. The van der Waals surface area contributed by atoms with Gasteiger partial charge in [-0.1, -0.05) is 36.4 Å².